The van der Waals surface area contributed by atoms with Gasteiger partial charge in [0.1, 0.15) is 11.6 Å². The molecule has 2 nitrogen and oxygen atoms in total. The SMILES string of the molecule is Cc1cc(Cl)c(-c2cnc(CCl)[nH]2)cc1F. The van der Waals surface area contributed by atoms with Crippen molar-refractivity contribution in [3.8, 4) is 11.3 Å². The highest BCUT2D eigenvalue weighted by Crippen LogP contribution is 2.29. The third kappa shape index (κ3) is 2.06. The van der Waals surface area contributed by atoms with Gasteiger partial charge in [0.05, 0.1) is 22.8 Å². The van der Waals surface area contributed by atoms with Gasteiger partial charge in [-0.3, -0.25) is 0 Å². The fourth-order valence-electron chi connectivity index (χ4n) is 1.42. The van der Waals surface area contributed by atoms with Crippen molar-refractivity contribution in [1.82, 2.24) is 9.97 Å². The molecule has 1 aromatic heterocycles. The zero-order valence-electron chi connectivity index (χ0n) is 8.52. The topological polar surface area (TPSA) is 28.7 Å². The summed E-state index contributed by atoms with van der Waals surface area (Å²) in [6, 6.07) is 2.98. The summed E-state index contributed by atoms with van der Waals surface area (Å²) in [6.07, 6.45) is 1.59. The Balaban J connectivity index is 2.51. The highest BCUT2D eigenvalue weighted by Gasteiger charge is 2.10. The van der Waals surface area contributed by atoms with Crippen LogP contribution in [-0.4, -0.2) is 9.97 Å². The van der Waals surface area contributed by atoms with E-state index in [-0.39, 0.29) is 11.7 Å². The van der Waals surface area contributed by atoms with Gasteiger partial charge >= 0.3 is 0 Å². The second-order valence-electron chi connectivity index (χ2n) is 3.46. The number of hydrogen-bond donors (Lipinski definition) is 1. The number of H-pyrrole nitrogens is 1. The zero-order chi connectivity index (χ0) is 11.7. The van der Waals surface area contributed by atoms with Gasteiger partial charge in [0.15, 0.2) is 0 Å². The minimum absolute atomic E-state index is 0.284. The molecule has 1 N–H and O–H groups in total. The molecule has 0 bridgehead atoms. The Morgan fingerprint density at radius 3 is 2.81 bits per heavy atom. The van der Waals surface area contributed by atoms with Crippen molar-refractivity contribution >= 4 is 23.2 Å². The average molecular weight is 259 g/mol. The number of aromatic amines is 1. The molecule has 0 fully saturated rings. The number of aromatic nitrogens is 2. The lowest BCUT2D eigenvalue weighted by atomic mass is 10.1. The zero-order valence-corrected chi connectivity index (χ0v) is 10.0. The number of benzene rings is 1. The van der Waals surface area contributed by atoms with E-state index < -0.39 is 0 Å². The third-order valence-corrected chi connectivity index (χ3v) is 2.86. The van der Waals surface area contributed by atoms with E-state index in [1.165, 1.54) is 6.07 Å². The van der Waals surface area contributed by atoms with Gasteiger partial charge in [0.25, 0.3) is 0 Å². The molecule has 0 saturated carbocycles. The summed E-state index contributed by atoms with van der Waals surface area (Å²) < 4.78 is 13.4. The van der Waals surface area contributed by atoms with E-state index in [0.29, 0.717) is 27.7 Å². The molecular weight excluding hydrogens is 250 g/mol. The minimum atomic E-state index is -0.290. The lowest BCUT2D eigenvalue weighted by Crippen LogP contribution is -1.87. The molecule has 1 heterocycles. The molecule has 1 aromatic carbocycles. The molecule has 2 aromatic rings. The molecule has 0 aliphatic heterocycles. The van der Waals surface area contributed by atoms with Gasteiger partial charge in [-0.05, 0) is 24.6 Å². The second-order valence-corrected chi connectivity index (χ2v) is 4.13. The maximum absolute atomic E-state index is 13.4. The first-order valence-electron chi connectivity index (χ1n) is 4.67. The van der Waals surface area contributed by atoms with Crippen LogP contribution < -0.4 is 0 Å². The van der Waals surface area contributed by atoms with Crippen molar-refractivity contribution in [2.24, 2.45) is 0 Å². The summed E-state index contributed by atoms with van der Waals surface area (Å²) >= 11 is 11.7. The van der Waals surface area contributed by atoms with E-state index in [4.69, 9.17) is 23.2 Å². The Labute approximate surface area is 102 Å². The van der Waals surface area contributed by atoms with Crippen LogP contribution in [-0.2, 0) is 5.88 Å². The molecule has 84 valence electrons. The van der Waals surface area contributed by atoms with Gasteiger partial charge in [0.2, 0.25) is 0 Å². The van der Waals surface area contributed by atoms with Gasteiger partial charge in [-0.25, -0.2) is 9.37 Å². The lowest BCUT2D eigenvalue weighted by Gasteiger charge is -2.04. The molecule has 0 saturated heterocycles. The van der Waals surface area contributed by atoms with E-state index in [1.54, 1.807) is 19.2 Å². The van der Waals surface area contributed by atoms with Crippen molar-refractivity contribution in [2.45, 2.75) is 12.8 Å². The normalized spacial score (nSPS) is 10.8. The summed E-state index contributed by atoms with van der Waals surface area (Å²) in [6.45, 7) is 1.67. The number of halogens is 3. The summed E-state index contributed by atoms with van der Waals surface area (Å²) in [5.41, 5.74) is 1.78. The van der Waals surface area contributed by atoms with Crippen LogP contribution in [0.3, 0.4) is 0 Å². The maximum Gasteiger partial charge on any atom is 0.126 e. The molecule has 0 amide bonds. The molecule has 2 rings (SSSR count). The van der Waals surface area contributed by atoms with Crippen LogP contribution in [0.2, 0.25) is 5.02 Å². The van der Waals surface area contributed by atoms with E-state index in [9.17, 15) is 4.39 Å². The maximum atomic E-state index is 13.4. The van der Waals surface area contributed by atoms with Crippen molar-refractivity contribution in [3.63, 3.8) is 0 Å². The fraction of sp³-hybridized carbons (Fsp3) is 0.182. The number of alkyl halides is 1. The largest absolute Gasteiger partial charge is 0.341 e. The van der Waals surface area contributed by atoms with Crippen LogP contribution in [0.1, 0.15) is 11.4 Å². The summed E-state index contributed by atoms with van der Waals surface area (Å²) in [4.78, 5) is 7.01. The Hall–Kier alpha value is -1.06. The number of nitrogens with one attached hydrogen (secondary N) is 1. The molecule has 0 aliphatic carbocycles. The van der Waals surface area contributed by atoms with Gasteiger partial charge in [-0.15, -0.1) is 11.6 Å². The predicted molar refractivity (Wildman–Crippen MR) is 63.3 cm³/mol. The van der Waals surface area contributed by atoms with Crippen LogP contribution in [0.4, 0.5) is 4.39 Å². The summed E-state index contributed by atoms with van der Waals surface area (Å²) in [7, 11) is 0. The summed E-state index contributed by atoms with van der Waals surface area (Å²) in [5.74, 6) is 0.626. The third-order valence-electron chi connectivity index (χ3n) is 2.29. The number of aryl methyl sites for hydroxylation is 1. The quantitative estimate of drug-likeness (QED) is 0.813. The lowest BCUT2D eigenvalue weighted by molar-refractivity contribution is 0.619. The van der Waals surface area contributed by atoms with Crippen molar-refractivity contribution in [1.29, 1.82) is 0 Å². The van der Waals surface area contributed by atoms with Crippen LogP contribution in [0.5, 0.6) is 0 Å². The fourth-order valence-corrected chi connectivity index (χ4v) is 1.88. The Morgan fingerprint density at radius 2 is 2.19 bits per heavy atom. The van der Waals surface area contributed by atoms with Crippen LogP contribution >= 0.6 is 23.2 Å². The molecule has 0 radical (unpaired) electrons. The van der Waals surface area contributed by atoms with E-state index in [1.807, 2.05) is 0 Å². The monoisotopic (exact) mass is 258 g/mol. The molecule has 0 atom stereocenters. The van der Waals surface area contributed by atoms with Crippen molar-refractivity contribution in [3.05, 3.63) is 40.6 Å². The van der Waals surface area contributed by atoms with Crippen LogP contribution in [0.15, 0.2) is 18.3 Å². The number of nitrogens with zero attached hydrogens (tertiary/aromatic N) is 1. The highest BCUT2D eigenvalue weighted by molar-refractivity contribution is 6.33. The van der Waals surface area contributed by atoms with Gasteiger partial charge < -0.3 is 4.98 Å². The van der Waals surface area contributed by atoms with Crippen molar-refractivity contribution in [2.75, 3.05) is 0 Å². The Kier molecular flexibility index (Phi) is 3.17. The highest BCUT2D eigenvalue weighted by atomic mass is 35.5. The number of imidazole rings is 1. The van der Waals surface area contributed by atoms with Crippen molar-refractivity contribution < 1.29 is 4.39 Å². The number of hydrogen-bond acceptors (Lipinski definition) is 1. The predicted octanol–water partition coefficient (Wildman–Crippen LogP) is 3.92. The first-order valence-corrected chi connectivity index (χ1v) is 5.59. The van der Waals surface area contributed by atoms with Crippen LogP contribution in [0.25, 0.3) is 11.3 Å². The van der Waals surface area contributed by atoms with Gasteiger partial charge in [-0.1, -0.05) is 11.6 Å². The molecular formula is C11H9Cl2FN2. The minimum Gasteiger partial charge on any atom is -0.341 e. The molecule has 5 heteroatoms. The standard InChI is InChI=1S/C11H9Cl2FN2/c1-6-2-8(13)7(3-9(6)14)10-5-15-11(4-12)16-10/h2-3,5H,4H2,1H3,(H,15,16). The van der Waals surface area contributed by atoms with E-state index in [2.05, 4.69) is 9.97 Å². The average Bonchev–Trinajstić information content (AvgIpc) is 2.71. The molecule has 0 spiro atoms. The van der Waals surface area contributed by atoms with E-state index in [0.717, 1.165) is 0 Å². The van der Waals surface area contributed by atoms with Gasteiger partial charge in [0, 0.05) is 5.56 Å². The second kappa shape index (κ2) is 4.44. The molecule has 0 unspecified atom stereocenters. The first-order chi connectivity index (χ1) is 7.61. The number of rotatable bonds is 2. The summed E-state index contributed by atoms with van der Waals surface area (Å²) in [5, 5.41) is 0.490. The van der Waals surface area contributed by atoms with Crippen LogP contribution in [0, 0.1) is 12.7 Å². The Morgan fingerprint density at radius 1 is 1.44 bits per heavy atom. The molecule has 0 aliphatic rings. The Bertz CT molecular complexity index is 523. The van der Waals surface area contributed by atoms with E-state index >= 15 is 0 Å². The smallest absolute Gasteiger partial charge is 0.126 e. The molecule has 16 heavy (non-hydrogen) atoms. The van der Waals surface area contributed by atoms with Gasteiger partial charge in [-0.2, -0.15) is 0 Å². The first kappa shape index (κ1) is 11.4.